The monoisotopic (exact) mass is 551 g/mol. The van der Waals surface area contributed by atoms with Crippen LogP contribution in [0.25, 0.3) is 0 Å². The number of nitrogens with zero attached hydrogens (tertiary/aromatic N) is 2. The van der Waals surface area contributed by atoms with E-state index in [0.29, 0.717) is 42.2 Å². The van der Waals surface area contributed by atoms with Crippen LogP contribution >= 0.6 is 0 Å². The van der Waals surface area contributed by atoms with Gasteiger partial charge in [0.25, 0.3) is 5.91 Å². The van der Waals surface area contributed by atoms with E-state index in [2.05, 4.69) is 10.2 Å². The highest BCUT2D eigenvalue weighted by atomic mass is 19.1. The standard InChI is InChI=1S/C25H33B7FN3O5/c26-22(27)20(38)34-21(39)23(28,25(22,31)32)36-12-15-14(19(36)37)2-1-3-18(15)41-24(29,30)16-5-4-13(10-17(16)33)11-35-6-8-40-9-7-35/h1-5,10H,6-9,11-12,26-32H2,(H,34,38,39). The molecule has 2 fully saturated rings. The molecule has 3 amide bonds. The van der Waals surface area contributed by atoms with Crippen LogP contribution < -0.4 is 10.1 Å². The zero-order valence-corrected chi connectivity index (χ0v) is 25.0. The largest absolute Gasteiger partial charge is 0.501 e. The van der Waals surface area contributed by atoms with Crippen molar-refractivity contribution in [3.63, 3.8) is 0 Å². The molecular weight excluding hydrogens is 517 g/mol. The average Bonchev–Trinajstić information content (AvgIpc) is 3.25. The number of carbonyl (C=O) groups excluding carboxylic acids is 3. The lowest BCUT2D eigenvalue weighted by Gasteiger charge is -2.59. The van der Waals surface area contributed by atoms with E-state index >= 15 is 4.39 Å². The number of benzene rings is 2. The minimum absolute atomic E-state index is 0.124. The molecule has 0 spiro atoms. The van der Waals surface area contributed by atoms with Crippen molar-refractivity contribution in [1.29, 1.82) is 0 Å². The minimum Gasteiger partial charge on any atom is -0.501 e. The summed E-state index contributed by atoms with van der Waals surface area (Å²) in [7, 11) is 12.6. The summed E-state index contributed by atoms with van der Waals surface area (Å²) in [5.74, 6) is -1.08. The molecule has 3 aliphatic rings. The number of morpholine rings is 1. The molecule has 2 aromatic carbocycles. The normalized spacial score (nSPS) is 24.1. The van der Waals surface area contributed by atoms with Gasteiger partial charge >= 0.3 is 0 Å². The summed E-state index contributed by atoms with van der Waals surface area (Å²) in [5.41, 5.74) is 1.04. The van der Waals surface area contributed by atoms with Crippen LogP contribution in [-0.4, -0.2) is 114 Å². The second kappa shape index (κ2) is 10.2. The van der Waals surface area contributed by atoms with Gasteiger partial charge in [0.15, 0.2) is 15.7 Å². The first-order valence-corrected chi connectivity index (χ1v) is 14.2. The van der Waals surface area contributed by atoms with Crippen molar-refractivity contribution >= 4 is 72.6 Å². The zero-order valence-electron chi connectivity index (χ0n) is 25.0. The number of carbonyl (C=O) groups is 3. The molecule has 0 saturated carbocycles. The predicted octanol–water partition coefficient (Wildman–Crippen LogP) is -5.18. The summed E-state index contributed by atoms with van der Waals surface area (Å²) in [6, 6.07) is 10.5. The molecule has 2 saturated heterocycles. The first-order chi connectivity index (χ1) is 19.1. The Morgan fingerprint density at radius 3 is 2.34 bits per heavy atom. The Labute approximate surface area is 246 Å². The summed E-state index contributed by atoms with van der Waals surface area (Å²) in [5, 5.41) is -0.356. The second-order valence-electron chi connectivity index (χ2n) is 13.1. The zero-order chi connectivity index (χ0) is 30.0. The van der Waals surface area contributed by atoms with E-state index in [0.717, 1.165) is 18.7 Å². The maximum atomic E-state index is 15.5. The fraction of sp³-hybridized carbons (Fsp3) is 0.400. The molecule has 3 heterocycles. The van der Waals surface area contributed by atoms with E-state index in [1.165, 1.54) is 0 Å². The summed E-state index contributed by atoms with van der Waals surface area (Å²) < 4.78 is 27.3. The molecule has 0 aliphatic carbocycles. The van der Waals surface area contributed by atoms with Gasteiger partial charge in [-0.05, 0) is 29.0 Å². The number of imide groups is 1. The van der Waals surface area contributed by atoms with E-state index in [1.54, 1.807) is 74.5 Å². The molecule has 0 radical (unpaired) electrons. The van der Waals surface area contributed by atoms with Crippen LogP contribution in [0.1, 0.15) is 27.0 Å². The van der Waals surface area contributed by atoms with Gasteiger partial charge in [-0.15, -0.1) is 0 Å². The Hall–Kier alpha value is -2.85. The molecular formula is C25H33B7FN3O5. The van der Waals surface area contributed by atoms with E-state index in [1.807, 2.05) is 21.8 Å². The summed E-state index contributed by atoms with van der Waals surface area (Å²) in [4.78, 5) is 43.7. The van der Waals surface area contributed by atoms with E-state index in [9.17, 15) is 14.4 Å². The van der Waals surface area contributed by atoms with E-state index in [4.69, 9.17) is 9.47 Å². The van der Waals surface area contributed by atoms with Gasteiger partial charge in [0.2, 0.25) is 11.8 Å². The van der Waals surface area contributed by atoms with Crippen LogP contribution in [0, 0.1) is 5.82 Å². The maximum absolute atomic E-state index is 15.5. The first kappa shape index (κ1) is 29.6. The van der Waals surface area contributed by atoms with Crippen LogP contribution in [-0.2, 0) is 32.8 Å². The van der Waals surface area contributed by atoms with Crippen LogP contribution in [0.15, 0.2) is 36.4 Å². The highest BCUT2D eigenvalue weighted by Crippen LogP contribution is 2.55. The quantitative estimate of drug-likeness (QED) is 0.286. The van der Waals surface area contributed by atoms with Crippen molar-refractivity contribution in [2.45, 2.75) is 34.4 Å². The Bertz CT molecular complexity index is 1440. The minimum atomic E-state index is -1.31. The molecule has 1 atom stereocenters. The van der Waals surface area contributed by atoms with Crippen molar-refractivity contribution in [2.75, 3.05) is 26.3 Å². The molecule has 3 aliphatic heterocycles. The van der Waals surface area contributed by atoms with Crippen molar-refractivity contribution in [1.82, 2.24) is 15.1 Å². The molecule has 2 aromatic rings. The lowest BCUT2D eigenvalue weighted by Crippen LogP contribution is -2.75. The lowest BCUT2D eigenvalue weighted by atomic mass is 9.21. The second-order valence-corrected chi connectivity index (χ2v) is 13.1. The fourth-order valence-corrected chi connectivity index (χ4v) is 6.27. The molecule has 0 aromatic heterocycles. The van der Waals surface area contributed by atoms with Crippen LogP contribution in [0.5, 0.6) is 5.75 Å². The highest BCUT2D eigenvalue weighted by Gasteiger charge is 2.64. The average molecular weight is 550 g/mol. The van der Waals surface area contributed by atoms with E-state index in [-0.39, 0.29) is 24.2 Å². The van der Waals surface area contributed by atoms with Gasteiger partial charge in [-0.25, -0.2) is 4.39 Å². The number of hydrogen-bond donors (Lipinski definition) is 1. The number of hydrogen-bond acceptors (Lipinski definition) is 6. The van der Waals surface area contributed by atoms with Crippen molar-refractivity contribution in [2.24, 2.45) is 0 Å². The molecule has 8 nitrogen and oxygen atoms in total. The smallest absolute Gasteiger partial charge is 0.254 e. The van der Waals surface area contributed by atoms with Gasteiger partial charge in [0.1, 0.15) is 50.8 Å². The van der Waals surface area contributed by atoms with Crippen molar-refractivity contribution < 1.29 is 28.2 Å². The van der Waals surface area contributed by atoms with Gasteiger partial charge in [0, 0.05) is 36.3 Å². The summed E-state index contributed by atoms with van der Waals surface area (Å²) in [6.07, 6.45) is 0. The Kier molecular flexibility index (Phi) is 7.34. The lowest BCUT2D eigenvalue weighted by molar-refractivity contribution is -0.140. The molecule has 41 heavy (non-hydrogen) atoms. The van der Waals surface area contributed by atoms with Crippen molar-refractivity contribution in [3.05, 3.63) is 64.5 Å². The third kappa shape index (κ3) is 4.67. The third-order valence-corrected chi connectivity index (χ3v) is 10.0. The number of nitrogens with one attached hydrogen (secondary N) is 1. The third-order valence-electron chi connectivity index (χ3n) is 10.0. The van der Waals surface area contributed by atoms with Gasteiger partial charge in [-0.3, -0.25) is 24.6 Å². The van der Waals surface area contributed by atoms with Gasteiger partial charge in [0.05, 0.1) is 30.6 Å². The van der Waals surface area contributed by atoms with Gasteiger partial charge in [-0.2, -0.15) is 0 Å². The Balaban J connectivity index is 1.42. The first-order valence-electron chi connectivity index (χ1n) is 14.2. The molecule has 16 heteroatoms. The highest BCUT2D eigenvalue weighted by molar-refractivity contribution is 6.66. The van der Waals surface area contributed by atoms with E-state index < -0.39 is 27.2 Å². The Morgan fingerprint density at radius 1 is 1.00 bits per heavy atom. The van der Waals surface area contributed by atoms with Gasteiger partial charge in [-0.1, -0.05) is 23.4 Å². The maximum Gasteiger partial charge on any atom is 0.254 e. The topological polar surface area (TPSA) is 88.2 Å². The molecule has 1 N–H and O–H groups in total. The number of halogens is 1. The van der Waals surface area contributed by atoms with Crippen LogP contribution in [0.3, 0.4) is 0 Å². The summed E-state index contributed by atoms with van der Waals surface area (Å²) >= 11 is 0. The van der Waals surface area contributed by atoms with Crippen LogP contribution in [0.2, 0.25) is 10.4 Å². The van der Waals surface area contributed by atoms with Gasteiger partial charge < -0.3 is 14.4 Å². The molecule has 5 rings (SSSR count). The molecule has 206 valence electrons. The summed E-state index contributed by atoms with van der Waals surface area (Å²) in [6.45, 7) is 3.77. The number of ether oxygens (including phenoxy) is 2. The number of amides is 3. The molecule has 0 bridgehead atoms. The number of rotatable bonds is 6. The SMILES string of the molecule is BC(B)(Oc1cccc2c1CN(C1(B)C(=O)NC(=O)C(B)(B)C1(B)B)C2=O)c1ccc(CN2CCOCC2)cc1F. The predicted molar refractivity (Wildman–Crippen MR) is 172 cm³/mol. The Morgan fingerprint density at radius 2 is 1.68 bits per heavy atom. The molecule has 1 unspecified atom stereocenters. The fourth-order valence-electron chi connectivity index (χ4n) is 6.27. The number of fused-ring (bicyclic) bond motifs is 1. The van der Waals surface area contributed by atoms with Crippen LogP contribution in [0.4, 0.5) is 4.39 Å². The van der Waals surface area contributed by atoms with Crippen molar-refractivity contribution in [3.8, 4) is 5.75 Å². The number of piperidine rings is 1.